The van der Waals surface area contributed by atoms with Gasteiger partial charge in [0, 0.05) is 29.7 Å². The van der Waals surface area contributed by atoms with Crippen LogP contribution < -0.4 is 15.4 Å². The Balaban J connectivity index is 1.45. The number of urea groups is 1. The summed E-state index contributed by atoms with van der Waals surface area (Å²) in [4.78, 5) is 28.9. The standard InChI is InChI=1S/C24H25N5O5S/c1-34-23(31)26-17-7-9-18(10-8-17)29-14-13-25-21(29)24(15-20(24)16-5-3-2-4-6-16)27-22(30)28-35(32,33)19-11-12-19/h2-10,13-14,19-20H,11-12,15H2,1H3,(H,26,31)(H2,27,28,30)/t20-,24?/m1/s1. The lowest BCUT2D eigenvalue weighted by Gasteiger charge is -2.21. The van der Waals surface area contributed by atoms with Gasteiger partial charge in [-0.15, -0.1) is 0 Å². The van der Waals surface area contributed by atoms with Gasteiger partial charge >= 0.3 is 12.1 Å². The van der Waals surface area contributed by atoms with E-state index in [0.29, 0.717) is 30.8 Å². The van der Waals surface area contributed by atoms with Gasteiger partial charge in [-0.25, -0.2) is 27.7 Å². The van der Waals surface area contributed by atoms with E-state index >= 15 is 0 Å². The van der Waals surface area contributed by atoms with E-state index in [1.807, 2.05) is 47.0 Å². The average molecular weight is 496 g/mol. The lowest BCUT2D eigenvalue weighted by molar-refractivity contribution is 0.187. The number of anilines is 1. The van der Waals surface area contributed by atoms with Crippen molar-refractivity contribution in [1.29, 1.82) is 0 Å². The molecule has 3 N–H and O–H groups in total. The fraction of sp³-hybridized carbons (Fsp3) is 0.292. The molecule has 0 aliphatic heterocycles. The minimum Gasteiger partial charge on any atom is -0.453 e. The number of hydrogen-bond donors (Lipinski definition) is 3. The molecule has 11 heteroatoms. The van der Waals surface area contributed by atoms with Gasteiger partial charge in [-0.05, 0) is 49.1 Å². The van der Waals surface area contributed by atoms with Crippen molar-refractivity contribution >= 4 is 27.8 Å². The Morgan fingerprint density at radius 1 is 1.09 bits per heavy atom. The van der Waals surface area contributed by atoms with E-state index in [9.17, 15) is 18.0 Å². The number of aromatic nitrogens is 2. The maximum atomic E-state index is 12.9. The summed E-state index contributed by atoms with van der Waals surface area (Å²) in [6.45, 7) is 0. The number of imidazole rings is 1. The molecule has 0 radical (unpaired) electrons. The zero-order valence-corrected chi connectivity index (χ0v) is 19.8. The van der Waals surface area contributed by atoms with Crippen molar-refractivity contribution in [2.75, 3.05) is 12.4 Å². The smallest absolute Gasteiger partial charge is 0.411 e. The first kappa shape index (κ1) is 22.9. The van der Waals surface area contributed by atoms with Gasteiger partial charge in [0.15, 0.2) is 0 Å². The zero-order valence-electron chi connectivity index (χ0n) is 19.0. The molecule has 35 heavy (non-hydrogen) atoms. The van der Waals surface area contributed by atoms with Gasteiger partial charge in [-0.2, -0.15) is 0 Å². The van der Waals surface area contributed by atoms with E-state index < -0.39 is 32.9 Å². The summed E-state index contributed by atoms with van der Waals surface area (Å²) < 4.78 is 33.3. The molecule has 0 saturated heterocycles. The molecule has 3 aromatic rings. The normalized spacial score (nSPS) is 21.1. The molecule has 2 fully saturated rings. The Morgan fingerprint density at radius 3 is 2.46 bits per heavy atom. The highest BCUT2D eigenvalue weighted by Crippen LogP contribution is 2.58. The Labute approximate surface area is 202 Å². The number of nitrogens with one attached hydrogen (secondary N) is 3. The monoisotopic (exact) mass is 495 g/mol. The number of carbonyl (C=O) groups excluding carboxylic acids is 2. The number of ether oxygens (including phenoxy) is 1. The van der Waals surface area contributed by atoms with Crippen LogP contribution in [0, 0.1) is 0 Å². The molecule has 182 valence electrons. The van der Waals surface area contributed by atoms with E-state index in [-0.39, 0.29) is 5.92 Å². The van der Waals surface area contributed by atoms with Gasteiger partial charge in [0.25, 0.3) is 0 Å². The minimum absolute atomic E-state index is 0.0838. The van der Waals surface area contributed by atoms with Crippen molar-refractivity contribution in [3.05, 3.63) is 78.4 Å². The quantitative estimate of drug-likeness (QED) is 0.461. The first-order valence-corrected chi connectivity index (χ1v) is 12.7. The second-order valence-electron chi connectivity index (χ2n) is 8.72. The summed E-state index contributed by atoms with van der Waals surface area (Å²) >= 11 is 0. The van der Waals surface area contributed by atoms with Crippen molar-refractivity contribution in [3.63, 3.8) is 0 Å². The number of methoxy groups -OCH3 is 1. The molecule has 1 aromatic heterocycles. The largest absolute Gasteiger partial charge is 0.453 e. The predicted molar refractivity (Wildman–Crippen MR) is 129 cm³/mol. The highest BCUT2D eigenvalue weighted by Gasteiger charge is 2.60. The number of nitrogens with zero attached hydrogens (tertiary/aromatic N) is 2. The predicted octanol–water partition coefficient (Wildman–Crippen LogP) is 3.22. The van der Waals surface area contributed by atoms with Crippen LogP contribution in [0.4, 0.5) is 15.3 Å². The second kappa shape index (κ2) is 8.73. The molecule has 2 atom stereocenters. The van der Waals surface area contributed by atoms with Crippen molar-refractivity contribution in [3.8, 4) is 5.69 Å². The fourth-order valence-corrected chi connectivity index (χ4v) is 5.56. The van der Waals surface area contributed by atoms with Gasteiger partial charge in [0.05, 0.1) is 12.4 Å². The molecule has 2 aliphatic carbocycles. The summed E-state index contributed by atoms with van der Waals surface area (Å²) in [6, 6.07) is 16.0. The molecule has 1 heterocycles. The molecule has 2 aliphatic rings. The Hall–Kier alpha value is -3.86. The zero-order chi connectivity index (χ0) is 24.6. The van der Waals surface area contributed by atoms with Crippen LogP contribution in [0.15, 0.2) is 67.0 Å². The van der Waals surface area contributed by atoms with E-state index in [2.05, 4.69) is 25.1 Å². The van der Waals surface area contributed by atoms with Crippen molar-refractivity contribution < 1.29 is 22.7 Å². The SMILES string of the molecule is COC(=O)Nc1ccc(-n2ccnc2C2(NC(=O)NS(=O)(=O)C3CC3)C[C@@H]2c2ccccc2)cc1. The molecular weight excluding hydrogens is 470 g/mol. The third-order valence-corrected chi connectivity index (χ3v) is 8.13. The van der Waals surface area contributed by atoms with Crippen molar-refractivity contribution in [2.45, 2.75) is 36.0 Å². The molecule has 2 aromatic carbocycles. The number of benzene rings is 2. The van der Waals surface area contributed by atoms with E-state index in [1.165, 1.54) is 7.11 Å². The highest BCUT2D eigenvalue weighted by atomic mass is 32.2. The number of rotatable bonds is 7. The minimum atomic E-state index is -3.70. The van der Waals surface area contributed by atoms with Crippen LogP contribution in [0.3, 0.4) is 0 Å². The van der Waals surface area contributed by atoms with E-state index in [1.54, 1.807) is 24.5 Å². The molecule has 2 saturated carbocycles. The fourth-order valence-electron chi connectivity index (χ4n) is 4.33. The summed E-state index contributed by atoms with van der Waals surface area (Å²) in [5, 5.41) is 5.02. The lowest BCUT2D eigenvalue weighted by atomic mass is 10.1. The second-order valence-corrected chi connectivity index (χ2v) is 10.7. The lowest BCUT2D eigenvalue weighted by Crippen LogP contribution is -2.47. The van der Waals surface area contributed by atoms with Crippen molar-refractivity contribution in [1.82, 2.24) is 19.6 Å². The number of carbonyl (C=O) groups is 2. The summed E-state index contributed by atoms with van der Waals surface area (Å²) in [7, 11) is -2.40. The number of hydrogen-bond acceptors (Lipinski definition) is 6. The summed E-state index contributed by atoms with van der Waals surface area (Å²) in [5.74, 6) is 0.499. The van der Waals surface area contributed by atoms with Gasteiger partial charge in [0.2, 0.25) is 10.0 Å². The van der Waals surface area contributed by atoms with Crippen LogP contribution in [0.25, 0.3) is 5.69 Å². The van der Waals surface area contributed by atoms with Gasteiger partial charge < -0.3 is 14.6 Å². The molecule has 3 amide bonds. The van der Waals surface area contributed by atoms with Crippen LogP contribution >= 0.6 is 0 Å². The van der Waals surface area contributed by atoms with Crippen LogP contribution in [-0.4, -0.2) is 42.5 Å². The van der Waals surface area contributed by atoms with E-state index in [4.69, 9.17) is 0 Å². The summed E-state index contributed by atoms with van der Waals surface area (Å²) in [6.07, 6.45) is 4.53. The average Bonchev–Trinajstić information content (AvgIpc) is 3.77. The molecule has 0 spiro atoms. The molecule has 10 nitrogen and oxygen atoms in total. The Bertz CT molecular complexity index is 1350. The first-order chi connectivity index (χ1) is 16.8. The third kappa shape index (κ3) is 4.59. The molecule has 1 unspecified atom stereocenters. The van der Waals surface area contributed by atoms with Crippen molar-refractivity contribution in [2.24, 2.45) is 0 Å². The highest BCUT2D eigenvalue weighted by molar-refractivity contribution is 7.90. The van der Waals surface area contributed by atoms with Crippen LogP contribution in [0.1, 0.15) is 36.6 Å². The van der Waals surface area contributed by atoms with Crippen LogP contribution in [0.2, 0.25) is 0 Å². The third-order valence-electron chi connectivity index (χ3n) is 6.31. The maximum absolute atomic E-state index is 12.9. The maximum Gasteiger partial charge on any atom is 0.411 e. The number of amides is 3. The van der Waals surface area contributed by atoms with Crippen LogP contribution in [0.5, 0.6) is 0 Å². The number of sulfonamides is 1. The summed E-state index contributed by atoms with van der Waals surface area (Å²) in [5.41, 5.74) is 1.45. The van der Waals surface area contributed by atoms with Gasteiger partial charge in [0.1, 0.15) is 11.4 Å². The molecular formula is C24H25N5O5S. The van der Waals surface area contributed by atoms with Crippen LogP contribution in [-0.2, 0) is 20.3 Å². The van der Waals surface area contributed by atoms with Gasteiger partial charge in [-0.3, -0.25) is 5.32 Å². The van der Waals surface area contributed by atoms with Gasteiger partial charge in [-0.1, -0.05) is 30.3 Å². The first-order valence-electron chi connectivity index (χ1n) is 11.2. The Morgan fingerprint density at radius 2 is 1.80 bits per heavy atom. The van der Waals surface area contributed by atoms with E-state index in [0.717, 1.165) is 11.3 Å². The molecule has 0 bridgehead atoms. The molecule has 5 rings (SSSR count). The Kier molecular flexibility index (Phi) is 5.72. The topological polar surface area (TPSA) is 131 Å².